The SMILES string of the molecule is CC(=O)C(NC(=O)CSc1nnc(-c2ccc(Cl)cc2)n1-c1cccc(C)c1)C(C)C. The van der Waals surface area contributed by atoms with Gasteiger partial charge in [-0.3, -0.25) is 14.2 Å². The predicted molar refractivity (Wildman–Crippen MR) is 125 cm³/mol. The zero-order chi connectivity index (χ0) is 22.5. The smallest absolute Gasteiger partial charge is 0.231 e. The predicted octanol–water partition coefficient (Wildman–Crippen LogP) is 4.72. The average molecular weight is 457 g/mol. The summed E-state index contributed by atoms with van der Waals surface area (Å²) in [5.74, 6) is 0.543. The van der Waals surface area contributed by atoms with Crippen molar-refractivity contribution in [3.63, 3.8) is 0 Å². The molecule has 8 heteroatoms. The molecule has 3 aromatic rings. The fourth-order valence-corrected chi connectivity index (χ4v) is 4.12. The van der Waals surface area contributed by atoms with Crippen LogP contribution in [0.25, 0.3) is 17.1 Å². The lowest BCUT2D eigenvalue weighted by molar-refractivity contribution is -0.126. The number of carbonyl (C=O) groups excluding carboxylic acids is 2. The molecule has 1 heterocycles. The van der Waals surface area contributed by atoms with Crippen LogP contribution in [0.3, 0.4) is 0 Å². The third-order valence-corrected chi connectivity index (χ3v) is 5.93. The van der Waals surface area contributed by atoms with E-state index in [1.54, 1.807) is 12.1 Å². The second kappa shape index (κ2) is 10.1. The highest BCUT2D eigenvalue weighted by molar-refractivity contribution is 7.99. The maximum atomic E-state index is 12.5. The summed E-state index contributed by atoms with van der Waals surface area (Å²) in [6.45, 7) is 7.33. The minimum absolute atomic E-state index is 0.0268. The Bertz CT molecular complexity index is 1080. The largest absolute Gasteiger partial charge is 0.345 e. The van der Waals surface area contributed by atoms with Crippen molar-refractivity contribution in [1.82, 2.24) is 20.1 Å². The lowest BCUT2D eigenvalue weighted by Gasteiger charge is -2.19. The van der Waals surface area contributed by atoms with Crippen molar-refractivity contribution in [2.45, 2.75) is 38.9 Å². The van der Waals surface area contributed by atoms with Crippen molar-refractivity contribution in [3.8, 4) is 17.1 Å². The minimum Gasteiger partial charge on any atom is -0.345 e. The van der Waals surface area contributed by atoms with Crippen LogP contribution in [0.15, 0.2) is 53.7 Å². The van der Waals surface area contributed by atoms with E-state index in [9.17, 15) is 9.59 Å². The molecule has 1 unspecified atom stereocenters. The number of nitrogens with one attached hydrogen (secondary N) is 1. The van der Waals surface area contributed by atoms with E-state index < -0.39 is 6.04 Å². The molecule has 0 saturated carbocycles. The van der Waals surface area contributed by atoms with E-state index in [0.29, 0.717) is 16.0 Å². The van der Waals surface area contributed by atoms with Crippen LogP contribution >= 0.6 is 23.4 Å². The summed E-state index contributed by atoms with van der Waals surface area (Å²) < 4.78 is 1.93. The molecule has 0 fully saturated rings. The van der Waals surface area contributed by atoms with Crippen LogP contribution in [0.5, 0.6) is 0 Å². The number of amides is 1. The minimum atomic E-state index is -0.493. The first-order chi connectivity index (χ1) is 14.8. The fourth-order valence-electron chi connectivity index (χ4n) is 3.23. The van der Waals surface area contributed by atoms with Gasteiger partial charge < -0.3 is 5.32 Å². The van der Waals surface area contributed by atoms with Gasteiger partial charge in [0.2, 0.25) is 5.91 Å². The molecular weight excluding hydrogens is 432 g/mol. The maximum absolute atomic E-state index is 12.5. The van der Waals surface area contributed by atoms with Gasteiger partial charge in [-0.25, -0.2) is 0 Å². The second-order valence-electron chi connectivity index (χ2n) is 7.68. The van der Waals surface area contributed by atoms with Gasteiger partial charge in [0.25, 0.3) is 0 Å². The molecule has 162 valence electrons. The molecule has 1 N–H and O–H groups in total. The van der Waals surface area contributed by atoms with E-state index in [1.165, 1.54) is 18.7 Å². The van der Waals surface area contributed by atoms with E-state index in [2.05, 4.69) is 15.5 Å². The zero-order valence-corrected chi connectivity index (χ0v) is 19.5. The molecular formula is C23H25ClN4O2S. The van der Waals surface area contributed by atoms with Crippen LogP contribution in [-0.4, -0.2) is 38.2 Å². The molecule has 1 atom stereocenters. The Balaban J connectivity index is 1.89. The van der Waals surface area contributed by atoms with Crippen LogP contribution in [0.1, 0.15) is 26.3 Å². The first-order valence-corrected chi connectivity index (χ1v) is 11.3. The van der Waals surface area contributed by atoms with Gasteiger partial charge in [0.15, 0.2) is 16.8 Å². The number of thioether (sulfide) groups is 1. The summed E-state index contributed by atoms with van der Waals surface area (Å²) in [7, 11) is 0. The van der Waals surface area contributed by atoms with Gasteiger partial charge in [-0.2, -0.15) is 0 Å². The highest BCUT2D eigenvalue weighted by atomic mass is 35.5. The molecule has 0 bridgehead atoms. The number of aromatic nitrogens is 3. The fraction of sp³-hybridized carbons (Fsp3) is 0.304. The quantitative estimate of drug-likeness (QED) is 0.496. The molecule has 0 spiro atoms. The van der Waals surface area contributed by atoms with Crippen LogP contribution in [0.4, 0.5) is 0 Å². The normalized spacial score (nSPS) is 12.1. The lowest BCUT2D eigenvalue weighted by atomic mass is 10.0. The van der Waals surface area contributed by atoms with Gasteiger partial charge in [-0.05, 0) is 61.7 Å². The van der Waals surface area contributed by atoms with E-state index in [1.807, 2.05) is 61.7 Å². The van der Waals surface area contributed by atoms with Crippen molar-refractivity contribution >= 4 is 35.1 Å². The number of ketones is 1. The summed E-state index contributed by atoms with van der Waals surface area (Å²) in [5, 5.41) is 12.8. The standard InChI is InChI=1S/C23H25ClN4O2S/c1-14(2)21(16(4)29)25-20(30)13-31-23-27-26-22(17-8-10-18(24)11-9-17)28(23)19-7-5-6-15(3)12-19/h5-12,14,21H,13H2,1-4H3,(H,25,30). The number of carbonyl (C=O) groups is 2. The van der Waals surface area contributed by atoms with Crippen molar-refractivity contribution in [1.29, 1.82) is 0 Å². The second-order valence-corrected chi connectivity index (χ2v) is 9.05. The highest BCUT2D eigenvalue weighted by Crippen LogP contribution is 2.29. The van der Waals surface area contributed by atoms with Crippen molar-refractivity contribution in [3.05, 3.63) is 59.1 Å². The Morgan fingerprint density at radius 3 is 2.45 bits per heavy atom. The third kappa shape index (κ3) is 5.74. The van der Waals surface area contributed by atoms with E-state index in [4.69, 9.17) is 11.6 Å². The van der Waals surface area contributed by atoms with Crippen LogP contribution in [0.2, 0.25) is 5.02 Å². The van der Waals surface area contributed by atoms with Gasteiger partial charge in [0.05, 0.1) is 11.8 Å². The number of benzene rings is 2. The summed E-state index contributed by atoms with van der Waals surface area (Å²) in [4.78, 5) is 24.3. The molecule has 2 aromatic carbocycles. The lowest BCUT2D eigenvalue weighted by Crippen LogP contribution is -2.44. The van der Waals surface area contributed by atoms with Crippen LogP contribution in [-0.2, 0) is 9.59 Å². The number of nitrogens with zero attached hydrogens (tertiary/aromatic N) is 3. The van der Waals surface area contributed by atoms with E-state index >= 15 is 0 Å². The summed E-state index contributed by atoms with van der Waals surface area (Å²) in [5.41, 5.74) is 2.87. The monoisotopic (exact) mass is 456 g/mol. The van der Waals surface area contributed by atoms with Gasteiger partial charge >= 0.3 is 0 Å². The highest BCUT2D eigenvalue weighted by Gasteiger charge is 2.22. The number of aryl methyl sites for hydroxylation is 1. The van der Waals surface area contributed by atoms with Gasteiger partial charge in [0, 0.05) is 16.3 Å². The number of hydrogen-bond acceptors (Lipinski definition) is 5. The number of hydrogen-bond donors (Lipinski definition) is 1. The van der Waals surface area contributed by atoms with Crippen LogP contribution in [0, 0.1) is 12.8 Å². The average Bonchev–Trinajstić information content (AvgIpc) is 3.14. The first kappa shape index (κ1) is 23.0. The van der Waals surface area contributed by atoms with Crippen molar-refractivity contribution < 1.29 is 9.59 Å². The summed E-state index contributed by atoms with van der Waals surface area (Å²) in [6, 6.07) is 14.9. The molecule has 3 rings (SSSR count). The van der Waals surface area contributed by atoms with Gasteiger partial charge in [-0.1, -0.05) is 49.3 Å². The molecule has 0 aliphatic heterocycles. The van der Waals surface area contributed by atoms with E-state index in [0.717, 1.165) is 16.8 Å². The van der Waals surface area contributed by atoms with Gasteiger partial charge in [0.1, 0.15) is 0 Å². The molecule has 0 aliphatic rings. The molecule has 0 saturated heterocycles. The van der Waals surface area contributed by atoms with Crippen LogP contribution < -0.4 is 5.32 Å². The van der Waals surface area contributed by atoms with E-state index in [-0.39, 0.29) is 23.4 Å². The van der Waals surface area contributed by atoms with Crippen molar-refractivity contribution in [2.75, 3.05) is 5.75 Å². The van der Waals surface area contributed by atoms with Crippen molar-refractivity contribution in [2.24, 2.45) is 5.92 Å². The first-order valence-electron chi connectivity index (χ1n) is 9.97. The van der Waals surface area contributed by atoms with Gasteiger partial charge in [-0.15, -0.1) is 10.2 Å². The Hall–Kier alpha value is -2.64. The Kier molecular flexibility index (Phi) is 7.51. The molecule has 1 aromatic heterocycles. The maximum Gasteiger partial charge on any atom is 0.231 e. The summed E-state index contributed by atoms with van der Waals surface area (Å²) in [6.07, 6.45) is 0. The number of rotatable bonds is 8. The molecule has 1 amide bonds. The zero-order valence-electron chi connectivity index (χ0n) is 17.9. The molecule has 0 aliphatic carbocycles. The molecule has 0 radical (unpaired) electrons. The number of Topliss-reactive ketones (excluding diaryl/α,β-unsaturated/α-hetero) is 1. The molecule has 31 heavy (non-hydrogen) atoms. The molecule has 6 nitrogen and oxygen atoms in total. The Morgan fingerprint density at radius 1 is 1.13 bits per heavy atom. The number of halogens is 1. The topological polar surface area (TPSA) is 76.9 Å². The third-order valence-electron chi connectivity index (χ3n) is 4.75. The Morgan fingerprint density at radius 2 is 1.84 bits per heavy atom. The summed E-state index contributed by atoms with van der Waals surface area (Å²) >= 11 is 7.32. The Labute approximate surface area is 191 Å².